The molecule has 3 rings (SSSR count). The molecule has 0 N–H and O–H groups in total. The van der Waals surface area contributed by atoms with Crippen molar-refractivity contribution in [3.8, 4) is 0 Å². The van der Waals surface area contributed by atoms with Gasteiger partial charge in [-0.15, -0.1) is 10.2 Å². The molecule has 0 saturated carbocycles. The van der Waals surface area contributed by atoms with Crippen LogP contribution in [0.4, 0.5) is 13.2 Å². The van der Waals surface area contributed by atoms with E-state index in [1.807, 2.05) is 6.92 Å². The lowest BCUT2D eigenvalue weighted by Crippen LogP contribution is -2.30. The highest BCUT2D eigenvalue weighted by atomic mass is 32.2. The maximum Gasteiger partial charge on any atom is 0.416 e. The molecule has 6 nitrogen and oxygen atoms in total. The van der Waals surface area contributed by atoms with E-state index in [0.717, 1.165) is 12.1 Å². The quantitative estimate of drug-likeness (QED) is 0.483. The van der Waals surface area contributed by atoms with Crippen molar-refractivity contribution in [2.75, 3.05) is 13.1 Å². The van der Waals surface area contributed by atoms with Gasteiger partial charge in [0.2, 0.25) is 10.0 Å². The summed E-state index contributed by atoms with van der Waals surface area (Å²) in [5.41, 5.74) is 0.468. The van der Waals surface area contributed by atoms with Crippen molar-refractivity contribution in [2.24, 2.45) is 0 Å². The molecule has 3 aromatic rings. The number of fused-ring (bicyclic) bond motifs is 1. The number of benzene rings is 1. The van der Waals surface area contributed by atoms with E-state index >= 15 is 0 Å². The Bertz CT molecular complexity index is 1120. The highest BCUT2D eigenvalue weighted by Crippen LogP contribution is 2.36. The van der Waals surface area contributed by atoms with Gasteiger partial charge >= 0.3 is 6.18 Å². The summed E-state index contributed by atoms with van der Waals surface area (Å²) in [5, 5.41) is 8.40. The van der Waals surface area contributed by atoms with Crippen LogP contribution in [0.15, 0.2) is 52.6 Å². The fourth-order valence-corrected chi connectivity index (χ4v) is 5.38. The Kier molecular flexibility index (Phi) is 6.44. The van der Waals surface area contributed by atoms with E-state index in [2.05, 4.69) is 10.2 Å². The van der Waals surface area contributed by atoms with Gasteiger partial charge in [0.15, 0.2) is 10.8 Å². The van der Waals surface area contributed by atoms with Crippen molar-refractivity contribution < 1.29 is 21.6 Å². The van der Waals surface area contributed by atoms with Crippen LogP contribution in [0.5, 0.6) is 0 Å². The molecule has 1 aromatic carbocycles. The number of halogens is 3. The smallest absolute Gasteiger partial charge is 0.276 e. The third kappa shape index (κ3) is 4.47. The molecule has 162 valence electrons. The second-order valence-corrected chi connectivity index (χ2v) is 9.79. The lowest BCUT2D eigenvalue weighted by atomic mass is 10.1. The second kappa shape index (κ2) is 8.56. The Labute approximate surface area is 177 Å². The van der Waals surface area contributed by atoms with Crippen LogP contribution in [0.3, 0.4) is 0 Å². The van der Waals surface area contributed by atoms with Crippen LogP contribution in [0.2, 0.25) is 0 Å². The van der Waals surface area contributed by atoms with Crippen LogP contribution in [-0.4, -0.2) is 40.4 Å². The van der Waals surface area contributed by atoms with Crippen molar-refractivity contribution in [1.82, 2.24) is 18.9 Å². The molecule has 0 spiro atoms. The first-order valence-corrected chi connectivity index (χ1v) is 11.6. The van der Waals surface area contributed by atoms with E-state index in [0.29, 0.717) is 29.5 Å². The molecule has 0 radical (unpaired) electrons. The largest absolute Gasteiger partial charge is 0.416 e. The molecular formula is C19H21F3N4O2S2. The van der Waals surface area contributed by atoms with Gasteiger partial charge in [-0.3, -0.25) is 4.40 Å². The summed E-state index contributed by atoms with van der Waals surface area (Å²) < 4.78 is 66.8. The molecule has 11 heteroatoms. The van der Waals surface area contributed by atoms with Gasteiger partial charge in [0.05, 0.1) is 10.5 Å². The summed E-state index contributed by atoms with van der Waals surface area (Å²) in [6, 6.07) is 8.02. The first-order valence-electron chi connectivity index (χ1n) is 9.26. The summed E-state index contributed by atoms with van der Waals surface area (Å²) in [7, 11) is -3.65. The van der Waals surface area contributed by atoms with Crippen molar-refractivity contribution in [1.29, 1.82) is 0 Å². The molecule has 0 saturated heterocycles. The van der Waals surface area contributed by atoms with E-state index in [4.69, 9.17) is 0 Å². The van der Waals surface area contributed by atoms with Crippen LogP contribution in [-0.2, 0) is 16.2 Å². The molecule has 0 aliphatic heterocycles. The van der Waals surface area contributed by atoms with E-state index in [9.17, 15) is 21.6 Å². The minimum absolute atomic E-state index is 0.127. The number of sulfonamides is 1. The monoisotopic (exact) mass is 458 g/mol. The Morgan fingerprint density at radius 3 is 2.27 bits per heavy atom. The lowest BCUT2D eigenvalue weighted by Gasteiger charge is -2.18. The Morgan fingerprint density at radius 1 is 1.07 bits per heavy atom. The SMILES string of the molecule is CCN(CC)S(=O)(=O)c1ccc2nnc(SC(C)c3ccc(C(F)(F)F)cc3)n2c1. The standard InChI is InChI=1S/C19H21F3N4O2S2/c1-4-25(5-2)30(27,28)16-10-11-17-23-24-18(26(17)12-16)29-13(3)14-6-8-15(9-7-14)19(20,21)22/h6-13H,4-5H2,1-3H3. The number of thioether (sulfide) groups is 1. The maximum absolute atomic E-state index is 12.8. The topological polar surface area (TPSA) is 67.6 Å². The number of hydrogen-bond acceptors (Lipinski definition) is 5. The molecular weight excluding hydrogens is 437 g/mol. The van der Waals surface area contributed by atoms with Gasteiger partial charge in [0.1, 0.15) is 0 Å². The molecule has 0 aliphatic carbocycles. The molecule has 1 atom stereocenters. The Morgan fingerprint density at radius 2 is 1.70 bits per heavy atom. The van der Waals surface area contributed by atoms with E-state index in [1.165, 1.54) is 40.5 Å². The molecule has 2 heterocycles. The summed E-state index contributed by atoms with van der Waals surface area (Å²) >= 11 is 1.29. The van der Waals surface area contributed by atoms with Crippen molar-refractivity contribution >= 4 is 27.4 Å². The van der Waals surface area contributed by atoms with Crippen molar-refractivity contribution in [2.45, 2.75) is 42.2 Å². The third-order valence-corrected chi connectivity index (χ3v) is 7.83. The van der Waals surface area contributed by atoms with E-state index < -0.39 is 21.8 Å². The Hall–Kier alpha value is -2.11. The predicted molar refractivity (Wildman–Crippen MR) is 109 cm³/mol. The zero-order chi connectivity index (χ0) is 22.1. The molecule has 0 fully saturated rings. The van der Waals surface area contributed by atoms with Gasteiger partial charge in [-0.2, -0.15) is 17.5 Å². The van der Waals surface area contributed by atoms with Gasteiger partial charge in [-0.25, -0.2) is 8.42 Å². The summed E-state index contributed by atoms with van der Waals surface area (Å²) in [4.78, 5) is 0.127. The molecule has 2 aromatic heterocycles. The van der Waals surface area contributed by atoms with E-state index in [-0.39, 0.29) is 10.1 Å². The number of rotatable bonds is 7. The second-order valence-electron chi connectivity index (χ2n) is 6.54. The molecule has 1 unspecified atom stereocenters. The average Bonchev–Trinajstić information content (AvgIpc) is 3.10. The minimum Gasteiger partial charge on any atom is -0.276 e. The van der Waals surface area contributed by atoms with Gasteiger partial charge in [0.25, 0.3) is 0 Å². The molecule has 30 heavy (non-hydrogen) atoms. The van der Waals surface area contributed by atoms with Crippen LogP contribution in [0.1, 0.15) is 37.1 Å². The number of pyridine rings is 1. The lowest BCUT2D eigenvalue weighted by molar-refractivity contribution is -0.137. The maximum atomic E-state index is 12.8. The van der Waals surface area contributed by atoms with Gasteiger partial charge in [0, 0.05) is 24.5 Å². The van der Waals surface area contributed by atoms with Gasteiger partial charge in [-0.05, 0) is 36.8 Å². The normalized spacial score (nSPS) is 13.8. The number of alkyl halides is 3. The first-order chi connectivity index (χ1) is 14.1. The number of hydrogen-bond donors (Lipinski definition) is 0. The van der Waals surface area contributed by atoms with Gasteiger partial charge in [-0.1, -0.05) is 37.7 Å². The minimum atomic E-state index is -4.38. The Balaban J connectivity index is 1.90. The summed E-state index contributed by atoms with van der Waals surface area (Å²) in [6.45, 7) is 6.08. The van der Waals surface area contributed by atoms with Crippen LogP contribution in [0.25, 0.3) is 5.65 Å². The highest BCUT2D eigenvalue weighted by Gasteiger charge is 2.30. The average molecular weight is 459 g/mol. The molecule has 0 aliphatic rings. The summed E-state index contributed by atoms with van der Waals surface area (Å²) in [6.07, 6.45) is -2.91. The van der Waals surface area contributed by atoms with Crippen LogP contribution in [0, 0.1) is 0 Å². The van der Waals surface area contributed by atoms with Crippen LogP contribution >= 0.6 is 11.8 Å². The first kappa shape index (κ1) is 22.6. The molecule has 0 amide bonds. The van der Waals surface area contributed by atoms with Crippen molar-refractivity contribution in [3.63, 3.8) is 0 Å². The number of nitrogens with zero attached hydrogens (tertiary/aromatic N) is 4. The highest BCUT2D eigenvalue weighted by molar-refractivity contribution is 7.99. The zero-order valence-corrected chi connectivity index (χ0v) is 18.2. The summed E-state index contributed by atoms with van der Waals surface area (Å²) in [5.74, 6) is 0. The fraction of sp³-hybridized carbons (Fsp3) is 0.368. The third-order valence-electron chi connectivity index (χ3n) is 4.68. The predicted octanol–water partition coefficient (Wildman–Crippen LogP) is 4.63. The van der Waals surface area contributed by atoms with Gasteiger partial charge < -0.3 is 0 Å². The zero-order valence-electron chi connectivity index (χ0n) is 16.6. The van der Waals surface area contributed by atoms with E-state index in [1.54, 1.807) is 24.3 Å². The fourth-order valence-electron chi connectivity index (χ4n) is 2.97. The van der Waals surface area contributed by atoms with Crippen molar-refractivity contribution in [3.05, 3.63) is 53.7 Å². The molecule has 0 bridgehead atoms. The number of aromatic nitrogens is 3. The van der Waals surface area contributed by atoms with Crippen LogP contribution < -0.4 is 0 Å².